The van der Waals surface area contributed by atoms with Gasteiger partial charge in [0.15, 0.2) is 6.61 Å². The van der Waals surface area contributed by atoms with Gasteiger partial charge in [-0.1, -0.05) is 24.6 Å². The molecule has 1 saturated carbocycles. The van der Waals surface area contributed by atoms with Crippen LogP contribution in [0.15, 0.2) is 42.5 Å². The van der Waals surface area contributed by atoms with E-state index in [0.717, 1.165) is 12.0 Å². The monoisotopic (exact) mass is 389 g/mol. The van der Waals surface area contributed by atoms with Crippen LogP contribution in [0, 0.1) is 11.6 Å². The van der Waals surface area contributed by atoms with Crippen LogP contribution in [0.1, 0.15) is 43.4 Å². The van der Waals surface area contributed by atoms with E-state index in [4.69, 9.17) is 9.84 Å². The van der Waals surface area contributed by atoms with Crippen LogP contribution in [-0.2, 0) is 15.0 Å². The van der Waals surface area contributed by atoms with Crippen molar-refractivity contribution in [3.8, 4) is 5.75 Å². The summed E-state index contributed by atoms with van der Waals surface area (Å²) in [5.74, 6) is -2.49. The van der Waals surface area contributed by atoms with Crippen molar-refractivity contribution < 1.29 is 28.2 Å². The molecule has 2 aromatic carbocycles. The number of rotatable bonds is 7. The summed E-state index contributed by atoms with van der Waals surface area (Å²) >= 11 is 0. The lowest BCUT2D eigenvalue weighted by Gasteiger charge is -2.41. The Morgan fingerprint density at radius 2 is 1.75 bits per heavy atom. The highest BCUT2D eigenvalue weighted by atomic mass is 19.1. The Bertz CT molecular complexity index is 858. The number of carboxylic acid groups (broad SMARTS) is 1. The predicted molar refractivity (Wildman–Crippen MR) is 98.0 cm³/mol. The van der Waals surface area contributed by atoms with Gasteiger partial charge in [-0.05, 0) is 49.6 Å². The van der Waals surface area contributed by atoms with Crippen molar-refractivity contribution in [3.63, 3.8) is 0 Å². The number of benzene rings is 2. The molecule has 0 aromatic heterocycles. The molecule has 1 amide bonds. The first kappa shape index (κ1) is 19.8. The molecule has 0 radical (unpaired) electrons. The number of hydrogen-bond acceptors (Lipinski definition) is 3. The minimum Gasteiger partial charge on any atom is -0.482 e. The van der Waals surface area contributed by atoms with E-state index in [1.165, 1.54) is 18.2 Å². The third kappa shape index (κ3) is 3.83. The lowest BCUT2D eigenvalue weighted by molar-refractivity contribution is -0.139. The highest BCUT2D eigenvalue weighted by Gasteiger charge is 2.49. The normalized spacial score (nSPS) is 16.0. The maximum absolute atomic E-state index is 14.3. The Morgan fingerprint density at radius 1 is 1.14 bits per heavy atom. The van der Waals surface area contributed by atoms with E-state index in [0.29, 0.717) is 18.6 Å². The first-order valence-electron chi connectivity index (χ1n) is 9.03. The molecular weight excluding hydrogens is 368 g/mol. The number of amides is 1. The highest BCUT2D eigenvalue weighted by molar-refractivity contribution is 5.89. The molecule has 2 aromatic rings. The molecule has 1 aliphatic carbocycles. The number of nitrogens with one attached hydrogen (secondary N) is 1. The van der Waals surface area contributed by atoms with Gasteiger partial charge in [0.05, 0.1) is 11.5 Å². The molecule has 1 fully saturated rings. The smallest absolute Gasteiger partial charge is 0.341 e. The van der Waals surface area contributed by atoms with Gasteiger partial charge in [0.1, 0.15) is 17.4 Å². The number of aliphatic carboxylic acids is 1. The van der Waals surface area contributed by atoms with Crippen LogP contribution >= 0.6 is 0 Å². The van der Waals surface area contributed by atoms with E-state index in [-0.39, 0.29) is 5.56 Å². The summed E-state index contributed by atoms with van der Waals surface area (Å²) in [6.07, 6.45) is 1.52. The van der Waals surface area contributed by atoms with E-state index in [2.05, 4.69) is 5.32 Å². The Labute approximate surface area is 161 Å². The van der Waals surface area contributed by atoms with Crippen LogP contribution < -0.4 is 10.1 Å². The fraction of sp³-hybridized carbons (Fsp3) is 0.333. The van der Waals surface area contributed by atoms with Crippen molar-refractivity contribution in [1.82, 2.24) is 5.32 Å². The van der Waals surface area contributed by atoms with E-state index in [9.17, 15) is 18.4 Å². The minimum absolute atomic E-state index is 0.164. The molecule has 0 spiro atoms. The molecule has 2 N–H and O–H groups in total. The molecule has 28 heavy (non-hydrogen) atoms. The first-order chi connectivity index (χ1) is 13.3. The third-order valence-electron chi connectivity index (χ3n) is 5.17. The van der Waals surface area contributed by atoms with Gasteiger partial charge in [0.25, 0.3) is 0 Å². The maximum Gasteiger partial charge on any atom is 0.341 e. The fourth-order valence-electron chi connectivity index (χ4n) is 3.49. The van der Waals surface area contributed by atoms with Gasteiger partial charge in [-0.15, -0.1) is 0 Å². The summed E-state index contributed by atoms with van der Waals surface area (Å²) < 4.78 is 33.6. The van der Waals surface area contributed by atoms with E-state index < -0.39 is 41.6 Å². The molecule has 3 rings (SSSR count). The minimum atomic E-state index is -1.19. The molecule has 0 bridgehead atoms. The quantitative estimate of drug-likeness (QED) is 0.757. The van der Waals surface area contributed by atoms with Crippen LogP contribution in [-0.4, -0.2) is 23.6 Å². The molecule has 1 atom stereocenters. The molecule has 0 aliphatic heterocycles. The third-order valence-corrected chi connectivity index (χ3v) is 5.17. The SMILES string of the molecule is CC(NC(=O)C1(c2c(F)cccc2F)CCC1)c1ccc(OCC(=O)O)cc1. The number of carbonyl (C=O) groups is 2. The van der Waals surface area contributed by atoms with Crippen LogP contribution in [0.5, 0.6) is 5.75 Å². The molecule has 5 nitrogen and oxygen atoms in total. The second-order valence-corrected chi connectivity index (χ2v) is 6.98. The average molecular weight is 389 g/mol. The molecule has 1 unspecified atom stereocenters. The predicted octanol–water partition coefficient (Wildman–Crippen LogP) is 3.73. The summed E-state index contributed by atoms with van der Waals surface area (Å²) in [6.45, 7) is 1.33. The summed E-state index contributed by atoms with van der Waals surface area (Å²) in [7, 11) is 0. The molecular formula is C21H21F2NO4. The Kier molecular flexibility index (Phi) is 5.63. The zero-order valence-corrected chi connectivity index (χ0v) is 15.4. The highest BCUT2D eigenvalue weighted by Crippen LogP contribution is 2.46. The van der Waals surface area contributed by atoms with Gasteiger partial charge in [-0.25, -0.2) is 13.6 Å². The molecule has 7 heteroatoms. The fourth-order valence-corrected chi connectivity index (χ4v) is 3.49. The van der Waals surface area contributed by atoms with Crippen LogP contribution in [0.25, 0.3) is 0 Å². The Morgan fingerprint density at radius 3 is 2.25 bits per heavy atom. The van der Waals surface area contributed by atoms with Crippen molar-refractivity contribution in [3.05, 3.63) is 65.2 Å². The van der Waals surface area contributed by atoms with Crippen molar-refractivity contribution in [2.75, 3.05) is 6.61 Å². The topological polar surface area (TPSA) is 75.6 Å². The average Bonchev–Trinajstić information content (AvgIpc) is 2.61. The number of halogens is 2. The number of carbonyl (C=O) groups excluding carboxylic acids is 1. The molecule has 0 heterocycles. The van der Waals surface area contributed by atoms with Gasteiger partial charge in [0, 0.05) is 5.56 Å². The van der Waals surface area contributed by atoms with Crippen molar-refractivity contribution >= 4 is 11.9 Å². The van der Waals surface area contributed by atoms with Gasteiger partial charge in [-0.2, -0.15) is 0 Å². The summed E-state index contributed by atoms with van der Waals surface area (Å²) in [4.78, 5) is 23.5. The Balaban J connectivity index is 1.73. The lowest BCUT2D eigenvalue weighted by Crippen LogP contribution is -2.50. The van der Waals surface area contributed by atoms with Crippen molar-refractivity contribution in [1.29, 1.82) is 0 Å². The standard InChI is InChI=1S/C21H21F2NO4/c1-13(14-6-8-15(9-7-14)28-12-18(25)26)24-20(27)21(10-3-11-21)19-16(22)4-2-5-17(19)23/h2,4-9,13H,3,10-12H2,1H3,(H,24,27)(H,25,26). The van der Waals surface area contributed by atoms with E-state index >= 15 is 0 Å². The largest absolute Gasteiger partial charge is 0.482 e. The van der Waals surface area contributed by atoms with Crippen LogP contribution in [0.2, 0.25) is 0 Å². The van der Waals surface area contributed by atoms with Gasteiger partial charge in [-0.3, -0.25) is 4.79 Å². The second-order valence-electron chi connectivity index (χ2n) is 6.98. The summed E-state index contributed by atoms with van der Waals surface area (Å²) in [5, 5.41) is 11.5. The zero-order valence-electron chi connectivity index (χ0n) is 15.4. The molecule has 1 aliphatic rings. The number of ether oxygens (including phenoxy) is 1. The zero-order chi connectivity index (χ0) is 20.3. The first-order valence-corrected chi connectivity index (χ1v) is 9.03. The van der Waals surface area contributed by atoms with Crippen LogP contribution in [0.3, 0.4) is 0 Å². The van der Waals surface area contributed by atoms with Gasteiger partial charge >= 0.3 is 5.97 Å². The molecule has 0 saturated heterocycles. The summed E-state index contributed by atoms with van der Waals surface area (Å²) in [6, 6.07) is 9.87. The van der Waals surface area contributed by atoms with E-state index in [1.54, 1.807) is 31.2 Å². The van der Waals surface area contributed by atoms with Crippen molar-refractivity contribution in [2.45, 2.75) is 37.6 Å². The summed E-state index contributed by atoms with van der Waals surface area (Å²) in [5.41, 5.74) is -0.586. The Hall–Kier alpha value is -2.96. The number of carboxylic acids is 1. The van der Waals surface area contributed by atoms with Gasteiger partial charge < -0.3 is 15.2 Å². The van der Waals surface area contributed by atoms with Crippen LogP contribution in [0.4, 0.5) is 8.78 Å². The van der Waals surface area contributed by atoms with Gasteiger partial charge in [0.2, 0.25) is 5.91 Å². The lowest BCUT2D eigenvalue weighted by atomic mass is 9.63. The maximum atomic E-state index is 14.3. The molecule has 148 valence electrons. The number of hydrogen-bond donors (Lipinski definition) is 2. The second kappa shape index (κ2) is 7.96. The van der Waals surface area contributed by atoms with E-state index in [1.807, 2.05) is 0 Å². The van der Waals surface area contributed by atoms with Crippen molar-refractivity contribution in [2.24, 2.45) is 0 Å².